The molecule has 2 heterocycles. The number of hydrogen-bond acceptors (Lipinski definition) is 5. The first-order valence-corrected chi connectivity index (χ1v) is 12.4. The Morgan fingerprint density at radius 2 is 1.31 bits per heavy atom. The summed E-state index contributed by atoms with van der Waals surface area (Å²) in [5.41, 5.74) is 6.25. The lowest BCUT2D eigenvalue weighted by molar-refractivity contribution is 0.581. The van der Waals surface area contributed by atoms with E-state index >= 15 is 0 Å². The van der Waals surface area contributed by atoms with E-state index in [1.165, 1.54) is 11.1 Å². The summed E-state index contributed by atoms with van der Waals surface area (Å²) < 4.78 is 12.1. The van der Waals surface area contributed by atoms with Gasteiger partial charge in [-0.1, -0.05) is 77.1 Å². The Kier molecular flexibility index (Phi) is 6.31. The van der Waals surface area contributed by atoms with Crippen molar-refractivity contribution in [2.75, 3.05) is 0 Å². The maximum Gasteiger partial charge on any atom is 0.248 e. The molecule has 0 aliphatic rings. The lowest BCUT2D eigenvalue weighted by atomic mass is 9.87. The first-order chi connectivity index (χ1) is 17.3. The van der Waals surface area contributed by atoms with Crippen LogP contribution < -0.4 is 0 Å². The Morgan fingerprint density at radius 3 is 1.94 bits per heavy atom. The molecule has 5 nitrogen and oxygen atoms in total. The molecule has 182 valence electrons. The maximum absolute atomic E-state index is 6.10. The van der Waals surface area contributed by atoms with Crippen molar-refractivity contribution >= 4 is 0 Å². The largest absolute Gasteiger partial charge is 0.436 e. The summed E-state index contributed by atoms with van der Waals surface area (Å²) in [6.07, 6.45) is 2.83. The summed E-state index contributed by atoms with van der Waals surface area (Å²) in [5.74, 6) is 2.87. The first kappa shape index (κ1) is 23.7. The van der Waals surface area contributed by atoms with Crippen LogP contribution in [0.1, 0.15) is 45.7 Å². The first-order valence-electron chi connectivity index (χ1n) is 12.4. The van der Waals surface area contributed by atoms with Gasteiger partial charge in [-0.2, -0.15) is 0 Å². The molecule has 2 aromatic heterocycles. The SMILES string of the molecule is CC(C)Cc1ccc(-c2cnc(-c3cccc(-c4nnc(-c5ccc(C(C)(C)C)cc5)o4)c3)o2)cc1. The third kappa shape index (κ3) is 5.15. The second-order valence-electron chi connectivity index (χ2n) is 10.6. The number of oxazole rings is 1. The molecule has 5 rings (SSSR count). The van der Waals surface area contributed by atoms with Gasteiger partial charge >= 0.3 is 0 Å². The zero-order valence-corrected chi connectivity index (χ0v) is 21.4. The molecule has 0 spiro atoms. The van der Waals surface area contributed by atoms with Gasteiger partial charge in [-0.15, -0.1) is 10.2 Å². The summed E-state index contributed by atoms with van der Waals surface area (Å²) in [6, 6.07) is 24.6. The van der Waals surface area contributed by atoms with Crippen LogP contribution in [0.3, 0.4) is 0 Å². The van der Waals surface area contributed by atoms with Crippen molar-refractivity contribution in [1.82, 2.24) is 15.2 Å². The van der Waals surface area contributed by atoms with Crippen molar-refractivity contribution in [3.63, 3.8) is 0 Å². The van der Waals surface area contributed by atoms with Gasteiger partial charge in [0.05, 0.1) is 6.20 Å². The quantitative estimate of drug-likeness (QED) is 0.246. The molecule has 0 saturated carbocycles. The highest BCUT2D eigenvalue weighted by Gasteiger charge is 2.16. The van der Waals surface area contributed by atoms with Crippen molar-refractivity contribution in [2.45, 2.75) is 46.5 Å². The molecule has 0 unspecified atom stereocenters. The van der Waals surface area contributed by atoms with Crippen molar-refractivity contribution in [2.24, 2.45) is 5.92 Å². The second kappa shape index (κ2) is 9.57. The lowest BCUT2D eigenvalue weighted by Crippen LogP contribution is -2.10. The molecule has 0 aliphatic carbocycles. The van der Waals surface area contributed by atoms with Crippen LogP contribution in [0, 0.1) is 5.92 Å². The molecule has 0 radical (unpaired) electrons. The normalized spacial score (nSPS) is 11.8. The average molecular weight is 478 g/mol. The molecule has 36 heavy (non-hydrogen) atoms. The molecule has 0 atom stereocenters. The fourth-order valence-electron chi connectivity index (χ4n) is 4.17. The Bertz CT molecular complexity index is 1450. The van der Waals surface area contributed by atoms with Gasteiger partial charge in [0.15, 0.2) is 5.76 Å². The van der Waals surface area contributed by atoms with Crippen LogP contribution in [0.25, 0.3) is 45.7 Å². The third-order valence-electron chi connectivity index (χ3n) is 6.17. The van der Waals surface area contributed by atoms with E-state index in [9.17, 15) is 0 Å². The van der Waals surface area contributed by atoms with Crippen LogP contribution in [0.4, 0.5) is 0 Å². The summed E-state index contributed by atoms with van der Waals surface area (Å²) in [6.45, 7) is 11.0. The summed E-state index contributed by atoms with van der Waals surface area (Å²) in [4.78, 5) is 4.52. The van der Waals surface area contributed by atoms with Gasteiger partial charge in [0.1, 0.15) is 0 Å². The standard InChI is InChI=1S/C31H31N3O2/c1-20(2)17-21-9-11-22(12-10-21)27-19-32-28(35-27)24-7-6-8-25(18-24)30-34-33-29(36-30)23-13-15-26(16-14-23)31(3,4)5/h6-16,18-20H,17H2,1-5H3. The molecule has 0 fully saturated rings. The van der Waals surface area contributed by atoms with E-state index in [0.29, 0.717) is 23.6 Å². The van der Waals surface area contributed by atoms with E-state index in [1.54, 1.807) is 6.20 Å². The van der Waals surface area contributed by atoms with Gasteiger partial charge in [-0.05, 0) is 59.2 Å². The van der Waals surface area contributed by atoms with Crippen LogP contribution in [-0.2, 0) is 11.8 Å². The number of rotatable bonds is 6. The number of benzene rings is 3. The number of hydrogen-bond donors (Lipinski definition) is 0. The third-order valence-corrected chi connectivity index (χ3v) is 6.17. The molecule has 5 heteroatoms. The molecular weight excluding hydrogens is 446 g/mol. The summed E-state index contributed by atoms with van der Waals surface area (Å²) in [5, 5.41) is 8.55. The molecule has 5 aromatic rings. The minimum atomic E-state index is 0.0932. The Morgan fingerprint density at radius 1 is 0.694 bits per heavy atom. The fraction of sp³-hybridized carbons (Fsp3) is 0.258. The smallest absolute Gasteiger partial charge is 0.248 e. The second-order valence-corrected chi connectivity index (χ2v) is 10.6. The summed E-state index contributed by atoms with van der Waals surface area (Å²) >= 11 is 0. The molecule has 0 aliphatic heterocycles. The van der Waals surface area contributed by atoms with E-state index in [-0.39, 0.29) is 5.41 Å². The Hall–Kier alpha value is -3.99. The molecule has 0 bridgehead atoms. The maximum atomic E-state index is 6.10. The zero-order chi connectivity index (χ0) is 25.3. The van der Waals surface area contributed by atoms with E-state index in [1.807, 2.05) is 36.4 Å². The molecular formula is C31H31N3O2. The topological polar surface area (TPSA) is 65.0 Å². The van der Waals surface area contributed by atoms with Gasteiger partial charge < -0.3 is 8.83 Å². The lowest BCUT2D eigenvalue weighted by Gasteiger charge is -2.18. The van der Waals surface area contributed by atoms with Gasteiger partial charge in [0.2, 0.25) is 17.7 Å². The van der Waals surface area contributed by atoms with E-state index in [2.05, 4.69) is 86.2 Å². The minimum absolute atomic E-state index is 0.0932. The van der Waals surface area contributed by atoms with Crippen molar-refractivity contribution in [1.29, 1.82) is 0 Å². The number of aromatic nitrogens is 3. The molecule has 0 amide bonds. The molecule has 0 N–H and O–H groups in total. The van der Waals surface area contributed by atoms with Crippen LogP contribution >= 0.6 is 0 Å². The van der Waals surface area contributed by atoms with Crippen LogP contribution in [0.5, 0.6) is 0 Å². The fourth-order valence-corrected chi connectivity index (χ4v) is 4.17. The van der Waals surface area contributed by atoms with E-state index in [4.69, 9.17) is 8.83 Å². The minimum Gasteiger partial charge on any atom is -0.436 e. The van der Waals surface area contributed by atoms with Gasteiger partial charge in [0.25, 0.3) is 0 Å². The molecule has 0 saturated heterocycles. The zero-order valence-electron chi connectivity index (χ0n) is 21.4. The van der Waals surface area contributed by atoms with Crippen molar-refractivity contribution in [3.05, 3.63) is 90.1 Å². The number of nitrogens with zero attached hydrogens (tertiary/aromatic N) is 3. The highest BCUT2D eigenvalue weighted by atomic mass is 16.4. The predicted octanol–water partition coefficient (Wildman–Crippen LogP) is 8.22. The highest BCUT2D eigenvalue weighted by molar-refractivity contribution is 5.67. The average Bonchev–Trinajstić information content (AvgIpc) is 3.55. The van der Waals surface area contributed by atoms with Crippen LogP contribution in [0.2, 0.25) is 0 Å². The van der Waals surface area contributed by atoms with Gasteiger partial charge in [-0.3, -0.25) is 0 Å². The predicted molar refractivity (Wildman–Crippen MR) is 143 cm³/mol. The highest BCUT2D eigenvalue weighted by Crippen LogP contribution is 2.31. The Balaban J connectivity index is 1.36. The Labute approximate surface area is 212 Å². The van der Waals surface area contributed by atoms with Crippen molar-refractivity contribution < 1.29 is 8.83 Å². The summed E-state index contributed by atoms with van der Waals surface area (Å²) in [7, 11) is 0. The van der Waals surface area contributed by atoms with E-state index < -0.39 is 0 Å². The van der Waals surface area contributed by atoms with Crippen LogP contribution in [-0.4, -0.2) is 15.2 Å². The van der Waals surface area contributed by atoms with Crippen molar-refractivity contribution in [3.8, 4) is 45.7 Å². The van der Waals surface area contributed by atoms with E-state index in [0.717, 1.165) is 34.4 Å². The monoisotopic (exact) mass is 477 g/mol. The van der Waals surface area contributed by atoms with Gasteiger partial charge in [0, 0.05) is 22.3 Å². The van der Waals surface area contributed by atoms with Crippen LogP contribution in [0.15, 0.2) is 87.8 Å². The van der Waals surface area contributed by atoms with Gasteiger partial charge in [-0.25, -0.2) is 4.98 Å². The molecule has 3 aromatic carbocycles.